The molecular formula is C7H6F2INO. The highest BCUT2D eigenvalue weighted by Crippen LogP contribution is 2.24. The molecule has 0 radical (unpaired) electrons. The van der Waals surface area contributed by atoms with Gasteiger partial charge in [-0.3, -0.25) is 0 Å². The van der Waals surface area contributed by atoms with Crippen molar-refractivity contribution in [1.29, 1.82) is 0 Å². The van der Waals surface area contributed by atoms with Gasteiger partial charge in [-0.25, -0.2) is 0 Å². The zero-order chi connectivity index (χ0) is 9.14. The summed E-state index contributed by atoms with van der Waals surface area (Å²) in [6, 6.07) is 4.64. The van der Waals surface area contributed by atoms with Crippen LogP contribution in [-0.2, 0) is 0 Å². The third kappa shape index (κ3) is 2.47. The molecule has 0 saturated carbocycles. The summed E-state index contributed by atoms with van der Waals surface area (Å²) in [6.45, 7) is -2.83. The summed E-state index contributed by atoms with van der Waals surface area (Å²) in [5.41, 5.74) is 5.63. The molecule has 1 rings (SSSR count). The molecule has 0 unspecified atom stereocenters. The van der Waals surface area contributed by atoms with Gasteiger partial charge in [-0.1, -0.05) is 0 Å². The van der Waals surface area contributed by atoms with E-state index in [4.69, 9.17) is 5.73 Å². The first-order valence-corrected chi connectivity index (χ1v) is 4.17. The molecule has 1 aromatic carbocycles. The lowest BCUT2D eigenvalue weighted by molar-refractivity contribution is -0.0493. The molecule has 0 fully saturated rings. The second kappa shape index (κ2) is 3.88. The summed E-state index contributed by atoms with van der Waals surface area (Å²) in [5.74, 6) is 0.0189. The SMILES string of the molecule is Nc1cc(I)ccc1OC(F)F. The number of anilines is 1. The lowest BCUT2D eigenvalue weighted by atomic mass is 10.3. The zero-order valence-electron chi connectivity index (χ0n) is 5.93. The minimum atomic E-state index is -2.83. The molecule has 0 spiro atoms. The largest absolute Gasteiger partial charge is 0.433 e. The summed E-state index contributed by atoms with van der Waals surface area (Å²) in [4.78, 5) is 0. The molecule has 0 saturated heterocycles. The van der Waals surface area contributed by atoms with E-state index in [1.54, 1.807) is 12.1 Å². The number of halogens is 3. The van der Waals surface area contributed by atoms with Crippen molar-refractivity contribution in [3.05, 3.63) is 21.8 Å². The Balaban J connectivity index is 2.86. The highest BCUT2D eigenvalue weighted by Gasteiger charge is 2.06. The van der Waals surface area contributed by atoms with Gasteiger partial charge in [0.1, 0.15) is 5.75 Å². The first-order valence-electron chi connectivity index (χ1n) is 3.09. The van der Waals surface area contributed by atoms with Gasteiger partial charge >= 0.3 is 6.61 Å². The predicted octanol–water partition coefficient (Wildman–Crippen LogP) is 2.47. The van der Waals surface area contributed by atoms with Crippen molar-refractivity contribution in [2.45, 2.75) is 6.61 Å². The number of hydrogen-bond acceptors (Lipinski definition) is 2. The lowest BCUT2D eigenvalue weighted by Crippen LogP contribution is -2.04. The Kier molecular flexibility index (Phi) is 3.07. The molecule has 0 aliphatic heterocycles. The second-order valence-corrected chi connectivity index (χ2v) is 3.31. The van der Waals surface area contributed by atoms with E-state index in [0.29, 0.717) is 0 Å². The lowest BCUT2D eigenvalue weighted by Gasteiger charge is -2.06. The molecule has 0 atom stereocenters. The fourth-order valence-corrected chi connectivity index (χ4v) is 1.24. The summed E-state index contributed by atoms with van der Waals surface area (Å²) < 4.78 is 28.5. The van der Waals surface area contributed by atoms with Gasteiger partial charge in [0.25, 0.3) is 0 Å². The predicted molar refractivity (Wildman–Crippen MR) is 50.2 cm³/mol. The van der Waals surface area contributed by atoms with E-state index in [1.165, 1.54) is 6.07 Å². The summed E-state index contributed by atoms with van der Waals surface area (Å²) in [5, 5.41) is 0. The Hall–Kier alpha value is -0.590. The molecular weight excluding hydrogens is 279 g/mol. The summed E-state index contributed by atoms with van der Waals surface area (Å²) in [6.07, 6.45) is 0. The van der Waals surface area contributed by atoms with Crippen LogP contribution in [0.25, 0.3) is 0 Å². The summed E-state index contributed by atoms with van der Waals surface area (Å²) >= 11 is 2.03. The maximum Gasteiger partial charge on any atom is 0.387 e. The van der Waals surface area contributed by atoms with Crippen LogP contribution in [0.4, 0.5) is 14.5 Å². The Morgan fingerprint density at radius 1 is 1.42 bits per heavy atom. The van der Waals surface area contributed by atoms with Gasteiger partial charge in [-0.05, 0) is 40.8 Å². The molecule has 2 nitrogen and oxygen atoms in total. The number of nitrogens with two attached hydrogens (primary N) is 1. The number of rotatable bonds is 2. The Morgan fingerprint density at radius 3 is 2.58 bits per heavy atom. The van der Waals surface area contributed by atoms with Crippen molar-refractivity contribution < 1.29 is 13.5 Å². The van der Waals surface area contributed by atoms with Crippen molar-refractivity contribution in [3.8, 4) is 5.75 Å². The highest BCUT2D eigenvalue weighted by molar-refractivity contribution is 14.1. The van der Waals surface area contributed by atoms with Crippen molar-refractivity contribution in [1.82, 2.24) is 0 Å². The van der Waals surface area contributed by atoms with Crippen LogP contribution in [0.5, 0.6) is 5.75 Å². The monoisotopic (exact) mass is 285 g/mol. The Labute approximate surface area is 81.8 Å². The van der Waals surface area contributed by atoms with E-state index in [9.17, 15) is 8.78 Å². The number of hydrogen-bond donors (Lipinski definition) is 1. The highest BCUT2D eigenvalue weighted by atomic mass is 127. The van der Waals surface area contributed by atoms with Gasteiger partial charge in [-0.15, -0.1) is 0 Å². The molecule has 0 aromatic heterocycles. The Morgan fingerprint density at radius 2 is 2.08 bits per heavy atom. The first kappa shape index (κ1) is 9.50. The number of alkyl halides is 2. The maximum absolute atomic E-state index is 11.7. The number of ether oxygens (including phenoxy) is 1. The van der Waals surface area contributed by atoms with Crippen LogP contribution in [0, 0.1) is 3.57 Å². The van der Waals surface area contributed by atoms with Crippen molar-refractivity contribution in [3.63, 3.8) is 0 Å². The third-order valence-corrected chi connectivity index (χ3v) is 1.86. The van der Waals surface area contributed by atoms with Gasteiger partial charge in [0, 0.05) is 3.57 Å². The van der Waals surface area contributed by atoms with Crippen LogP contribution < -0.4 is 10.5 Å². The van der Waals surface area contributed by atoms with E-state index >= 15 is 0 Å². The molecule has 1 aromatic rings. The molecule has 0 aliphatic carbocycles. The van der Waals surface area contributed by atoms with E-state index in [2.05, 4.69) is 4.74 Å². The van der Waals surface area contributed by atoms with Crippen LogP contribution in [0.2, 0.25) is 0 Å². The molecule has 0 bridgehead atoms. The van der Waals surface area contributed by atoms with Gasteiger partial charge < -0.3 is 10.5 Å². The molecule has 0 heterocycles. The quantitative estimate of drug-likeness (QED) is 0.669. The molecule has 5 heteroatoms. The van der Waals surface area contributed by atoms with Gasteiger partial charge in [0.15, 0.2) is 0 Å². The standard InChI is InChI=1S/C7H6F2INO/c8-7(9)12-6-2-1-4(10)3-5(6)11/h1-3,7H,11H2. The molecule has 2 N–H and O–H groups in total. The van der Waals surface area contributed by atoms with Crippen LogP contribution in [-0.4, -0.2) is 6.61 Å². The van der Waals surface area contributed by atoms with Crippen LogP contribution in [0.15, 0.2) is 18.2 Å². The van der Waals surface area contributed by atoms with Crippen LogP contribution in [0.3, 0.4) is 0 Å². The van der Waals surface area contributed by atoms with E-state index in [1.807, 2.05) is 22.6 Å². The number of nitrogen functional groups attached to an aromatic ring is 1. The molecule has 66 valence electrons. The van der Waals surface area contributed by atoms with Crippen molar-refractivity contribution in [2.24, 2.45) is 0 Å². The minimum Gasteiger partial charge on any atom is -0.433 e. The van der Waals surface area contributed by atoms with Gasteiger partial charge in [0.05, 0.1) is 5.69 Å². The Bertz CT molecular complexity index is 280. The van der Waals surface area contributed by atoms with E-state index in [-0.39, 0.29) is 11.4 Å². The topological polar surface area (TPSA) is 35.2 Å². The molecule has 0 amide bonds. The first-order chi connectivity index (χ1) is 5.59. The zero-order valence-corrected chi connectivity index (χ0v) is 8.09. The fraction of sp³-hybridized carbons (Fsp3) is 0.143. The van der Waals surface area contributed by atoms with Crippen LogP contribution in [0.1, 0.15) is 0 Å². The molecule has 0 aliphatic rings. The smallest absolute Gasteiger partial charge is 0.387 e. The fourth-order valence-electron chi connectivity index (χ4n) is 0.723. The van der Waals surface area contributed by atoms with Gasteiger partial charge in [0.2, 0.25) is 0 Å². The van der Waals surface area contributed by atoms with E-state index in [0.717, 1.165) is 3.57 Å². The maximum atomic E-state index is 11.7. The average molecular weight is 285 g/mol. The van der Waals surface area contributed by atoms with E-state index < -0.39 is 6.61 Å². The average Bonchev–Trinajstić information content (AvgIpc) is 1.94. The minimum absolute atomic E-state index is 0.0189. The normalized spacial score (nSPS) is 10.3. The summed E-state index contributed by atoms with van der Waals surface area (Å²) in [7, 11) is 0. The number of benzene rings is 1. The molecule has 12 heavy (non-hydrogen) atoms. The van der Waals surface area contributed by atoms with Crippen molar-refractivity contribution >= 4 is 28.3 Å². The van der Waals surface area contributed by atoms with Gasteiger partial charge in [-0.2, -0.15) is 8.78 Å². The van der Waals surface area contributed by atoms with Crippen molar-refractivity contribution in [2.75, 3.05) is 5.73 Å². The van der Waals surface area contributed by atoms with Crippen LogP contribution >= 0.6 is 22.6 Å². The third-order valence-electron chi connectivity index (χ3n) is 1.19. The second-order valence-electron chi connectivity index (χ2n) is 2.06.